The molecular weight excluding hydrogens is 401 g/mol. The first-order chi connectivity index (χ1) is 12.3. The van der Waals surface area contributed by atoms with E-state index < -0.39 is 17.6 Å². The molecule has 0 aliphatic carbocycles. The number of aliphatic hydroxyl groups excluding tert-OH is 1. The summed E-state index contributed by atoms with van der Waals surface area (Å²) in [6.07, 6.45) is 0.662. The molecular formula is C18H14Cl3NO4. The molecule has 0 bridgehead atoms. The summed E-state index contributed by atoms with van der Waals surface area (Å²) in [4.78, 5) is 24.5. The van der Waals surface area contributed by atoms with E-state index in [1.807, 2.05) is 0 Å². The molecule has 2 N–H and O–H groups in total. The molecule has 0 spiro atoms. The van der Waals surface area contributed by atoms with Gasteiger partial charge in [0, 0.05) is 18.1 Å². The van der Waals surface area contributed by atoms with Crippen molar-refractivity contribution in [3.63, 3.8) is 0 Å². The fourth-order valence-electron chi connectivity index (χ4n) is 2.15. The number of nitrogens with zero attached hydrogens (tertiary/aromatic N) is 1. The summed E-state index contributed by atoms with van der Waals surface area (Å²) in [5, 5.41) is 19.4. The second-order valence-corrected chi connectivity index (χ2v) is 6.65. The number of hydrogen-bond donors (Lipinski definition) is 2. The molecule has 0 saturated carbocycles. The smallest absolute Gasteiger partial charge is 0.371 e. The average Bonchev–Trinajstić information content (AvgIpc) is 2.59. The Kier molecular flexibility index (Phi) is 6.91. The molecule has 5 nitrogen and oxygen atoms in total. The largest absolute Gasteiger partial charge is 0.502 e. The highest BCUT2D eigenvalue weighted by molar-refractivity contribution is 6.42. The number of aliphatic hydroxyl groups is 1. The van der Waals surface area contributed by atoms with Gasteiger partial charge in [0.25, 0.3) is 5.91 Å². The Morgan fingerprint density at radius 3 is 2.04 bits per heavy atom. The summed E-state index contributed by atoms with van der Waals surface area (Å²) in [7, 11) is 0. The van der Waals surface area contributed by atoms with Crippen LogP contribution < -0.4 is 0 Å². The van der Waals surface area contributed by atoms with Gasteiger partial charge in [-0.25, -0.2) is 4.79 Å². The van der Waals surface area contributed by atoms with Gasteiger partial charge in [-0.1, -0.05) is 53.0 Å². The van der Waals surface area contributed by atoms with Crippen molar-refractivity contribution in [2.75, 3.05) is 0 Å². The summed E-state index contributed by atoms with van der Waals surface area (Å²) in [6.45, 7) is 0.321. The van der Waals surface area contributed by atoms with Crippen molar-refractivity contribution < 1.29 is 19.8 Å². The standard InChI is InChI=1S/C18H14Cl3NO4/c19-13-4-1-11(2-5-13)9-22(17(24)8-16(23)18(25)26)10-12-3-6-14(20)15(21)7-12/h1-8,23H,9-10H2,(H,25,26)/b16-8-. The third-order valence-electron chi connectivity index (χ3n) is 3.44. The van der Waals surface area contributed by atoms with Gasteiger partial charge in [0.2, 0.25) is 5.76 Å². The lowest BCUT2D eigenvalue weighted by Crippen LogP contribution is -2.29. The van der Waals surface area contributed by atoms with Gasteiger partial charge in [-0.2, -0.15) is 0 Å². The van der Waals surface area contributed by atoms with E-state index in [4.69, 9.17) is 39.9 Å². The molecule has 0 radical (unpaired) electrons. The third-order valence-corrected chi connectivity index (χ3v) is 4.43. The van der Waals surface area contributed by atoms with Crippen LogP contribution in [0, 0.1) is 0 Å². The van der Waals surface area contributed by atoms with Crippen molar-refractivity contribution in [3.05, 3.63) is 80.5 Å². The first kappa shape index (κ1) is 20.1. The second kappa shape index (κ2) is 8.94. The topological polar surface area (TPSA) is 77.8 Å². The van der Waals surface area contributed by atoms with Crippen molar-refractivity contribution in [2.45, 2.75) is 13.1 Å². The number of carbonyl (C=O) groups excluding carboxylic acids is 1. The fourth-order valence-corrected chi connectivity index (χ4v) is 2.60. The number of rotatable bonds is 6. The lowest BCUT2D eigenvalue weighted by molar-refractivity contribution is -0.136. The first-order valence-electron chi connectivity index (χ1n) is 7.37. The Bertz CT molecular complexity index is 850. The Balaban J connectivity index is 2.28. The lowest BCUT2D eigenvalue weighted by Gasteiger charge is -2.22. The van der Waals surface area contributed by atoms with E-state index in [0.29, 0.717) is 26.7 Å². The number of aliphatic carboxylic acids is 1. The van der Waals surface area contributed by atoms with Crippen LogP contribution in [0.25, 0.3) is 0 Å². The predicted octanol–water partition coefficient (Wildman–Crippen LogP) is 4.70. The van der Waals surface area contributed by atoms with E-state index in [1.54, 1.807) is 42.5 Å². The highest BCUT2D eigenvalue weighted by atomic mass is 35.5. The Morgan fingerprint density at radius 1 is 0.885 bits per heavy atom. The zero-order valence-electron chi connectivity index (χ0n) is 13.3. The number of amides is 1. The number of halogens is 3. The van der Waals surface area contributed by atoms with Crippen LogP contribution in [-0.4, -0.2) is 27.0 Å². The number of carboxylic acids is 1. The van der Waals surface area contributed by atoms with E-state index in [9.17, 15) is 14.7 Å². The first-order valence-corrected chi connectivity index (χ1v) is 8.51. The number of hydrogen-bond acceptors (Lipinski definition) is 3. The van der Waals surface area contributed by atoms with Crippen molar-refractivity contribution in [1.82, 2.24) is 4.90 Å². The maximum absolute atomic E-state index is 12.4. The molecule has 0 atom stereocenters. The van der Waals surface area contributed by atoms with Crippen LogP contribution in [-0.2, 0) is 22.7 Å². The van der Waals surface area contributed by atoms with E-state index >= 15 is 0 Å². The molecule has 0 aliphatic rings. The van der Waals surface area contributed by atoms with Crippen LogP contribution in [0.2, 0.25) is 15.1 Å². The molecule has 0 aromatic heterocycles. The molecule has 8 heteroatoms. The van der Waals surface area contributed by atoms with Gasteiger partial charge in [0.1, 0.15) is 0 Å². The van der Waals surface area contributed by atoms with Crippen LogP contribution in [0.4, 0.5) is 0 Å². The predicted molar refractivity (Wildman–Crippen MR) is 101 cm³/mol. The number of carboxylic acid groups (broad SMARTS) is 1. The van der Waals surface area contributed by atoms with E-state index in [1.165, 1.54) is 4.90 Å². The van der Waals surface area contributed by atoms with Gasteiger partial charge in [-0.05, 0) is 35.4 Å². The number of carbonyl (C=O) groups is 2. The van der Waals surface area contributed by atoms with Crippen LogP contribution in [0.15, 0.2) is 54.3 Å². The van der Waals surface area contributed by atoms with Gasteiger partial charge < -0.3 is 15.1 Å². The minimum atomic E-state index is -1.58. The molecule has 0 saturated heterocycles. The molecule has 0 heterocycles. The average molecular weight is 415 g/mol. The maximum atomic E-state index is 12.4. The normalized spacial score (nSPS) is 11.3. The Hall–Kier alpha value is -2.21. The van der Waals surface area contributed by atoms with Crippen LogP contribution in [0.3, 0.4) is 0 Å². The molecule has 0 fully saturated rings. The van der Waals surface area contributed by atoms with Gasteiger partial charge in [-0.15, -0.1) is 0 Å². The minimum Gasteiger partial charge on any atom is -0.502 e. The molecule has 136 valence electrons. The van der Waals surface area contributed by atoms with Crippen molar-refractivity contribution in [1.29, 1.82) is 0 Å². The van der Waals surface area contributed by atoms with Crippen molar-refractivity contribution in [3.8, 4) is 0 Å². The zero-order valence-corrected chi connectivity index (χ0v) is 15.6. The van der Waals surface area contributed by atoms with Gasteiger partial charge in [-0.3, -0.25) is 4.79 Å². The van der Waals surface area contributed by atoms with Crippen molar-refractivity contribution in [2.24, 2.45) is 0 Å². The Labute approximate surface area is 165 Å². The summed E-state index contributed by atoms with van der Waals surface area (Å²) in [6, 6.07) is 11.8. The second-order valence-electron chi connectivity index (χ2n) is 5.40. The van der Waals surface area contributed by atoms with Gasteiger partial charge >= 0.3 is 5.97 Å². The zero-order chi connectivity index (χ0) is 19.3. The monoisotopic (exact) mass is 413 g/mol. The molecule has 2 aromatic carbocycles. The van der Waals surface area contributed by atoms with E-state index in [2.05, 4.69) is 0 Å². The fraction of sp³-hybridized carbons (Fsp3) is 0.111. The van der Waals surface area contributed by atoms with E-state index in [-0.39, 0.29) is 13.1 Å². The molecule has 0 aliphatic heterocycles. The van der Waals surface area contributed by atoms with E-state index in [0.717, 1.165) is 5.56 Å². The summed E-state index contributed by atoms with van der Waals surface area (Å²) < 4.78 is 0. The summed E-state index contributed by atoms with van der Waals surface area (Å²) in [5.74, 6) is -3.28. The maximum Gasteiger partial charge on any atom is 0.371 e. The Morgan fingerprint density at radius 2 is 1.46 bits per heavy atom. The highest BCUT2D eigenvalue weighted by Crippen LogP contribution is 2.24. The minimum absolute atomic E-state index is 0.141. The highest BCUT2D eigenvalue weighted by Gasteiger charge is 2.16. The van der Waals surface area contributed by atoms with Crippen LogP contribution >= 0.6 is 34.8 Å². The molecule has 0 unspecified atom stereocenters. The quantitative estimate of drug-likeness (QED) is 0.530. The molecule has 1 amide bonds. The van der Waals surface area contributed by atoms with Crippen molar-refractivity contribution >= 4 is 46.7 Å². The van der Waals surface area contributed by atoms with Gasteiger partial charge in [0.15, 0.2) is 0 Å². The lowest BCUT2D eigenvalue weighted by atomic mass is 10.1. The number of benzene rings is 2. The third kappa shape index (κ3) is 5.66. The molecule has 2 aromatic rings. The SMILES string of the molecule is O=C(O)/C(O)=C/C(=O)N(Cc1ccc(Cl)cc1)Cc1ccc(Cl)c(Cl)c1. The van der Waals surface area contributed by atoms with Crippen LogP contribution in [0.1, 0.15) is 11.1 Å². The summed E-state index contributed by atoms with van der Waals surface area (Å²) >= 11 is 17.8. The van der Waals surface area contributed by atoms with Gasteiger partial charge in [0.05, 0.1) is 16.1 Å². The summed E-state index contributed by atoms with van der Waals surface area (Å²) in [5.41, 5.74) is 1.48. The molecule has 26 heavy (non-hydrogen) atoms. The molecule has 2 rings (SSSR count). The van der Waals surface area contributed by atoms with Crippen LogP contribution in [0.5, 0.6) is 0 Å².